The molecule has 5 nitrogen and oxygen atoms in total. The molecule has 140 valence electrons. The molecule has 0 aromatic heterocycles. The van der Waals surface area contributed by atoms with Gasteiger partial charge in [0.25, 0.3) is 0 Å². The molecule has 6 heteroatoms. The van der Waals surface area contributed by atoms with Gasteiger partial charge in [-0.25, -0.2) is 0 Å². The number of hydrogen-bond acceptors (Lipinski definition) is 4. The SMILES string of the molecule is CCCCCCOC[C@H](CCP(=O)(O)OC)OCCCCCC. The standard InChI is InChI=1S/C17H37O5P/c1-4-6-8-10-13-21-16-17(12-15-23(18,19)20-3)22-14-11-9-7-5-2/h17H,4-16H2,1-3H3,(H,18,19)/t17-/m0/s1. The zero-order valence-electron chi connectivity index (χ0n) is 15.3. The average Bonchev–Trinajstić information content (AvgIpc) is 2.54. The summed E-state index contributed by atoms with van der Waals surface area (Å²) in [5.41, 5.74) is 0. The summed E-state index contributed by atoms with van der Waals surface area (Å²) in [7, 11) is -2.20. The van der Waals surface area contributed by atoms with Gasteiger partial charge in [0, 0.05) is 20.3 Å². The number of rotatable bonds is 17. The molecule has 0 aliphatic carbocycles. The topological polar surface area (TPSA) is 65.0 Å². The van der Waals surface area contributed by atoms with Crippen molar-refractivity contribution in [1.82, 2.24) is 0 Å². The largest absolute Gasteiger partial charge is 0.379 e. The van der Waals surface area contributed by atoms with Crippen LogP contribution in [0.3, 0.4) is 0 Å². The fourth-order valence-electron chi connectivity index (χ4n) is 2.24. The molecule has 1 unspecified atom stereocenters. The minimum Gasteiger partial charge on any atom is -0.379 e. The van der Waals surface area contributed by atoms with Gasteiger partial charge in [-0.1, -0.05) is 52.4 Å². The van der Waals surface area contributed by atoms with Gasteiger partial charge in [0.2, 0.25) is 0 Å². The van der Waals surface area contributed by atoms with Crippen LogP contribution in [0, 0.1) is 0 Å². The maximum Gasteiger partial charge on any atom is 0.327 e. The quantitative estimate of drug-likeness (QED) is 0.302. The molecule has 0 saturated carbocycles. The molecule has 0 aromatic carbocycles. The van der Waals surface area contributed by atoms with Crippen molar-refractivity contribution in [3.8, 4) is 0 Å². The van der Waals surface area contributed by atoms with Crippen molar-refractivity contribution in [3.05, 3.63) is 0 Å². The van der Waals surface area contributed by atoms with Gasteiger partial charge >= 0.3 is 7.60 Å². The van der Waals surface area contributed by atoms with Crippen molar-refractivity contribution in [2.45, 2.75) is 77.7 Å². The summed E-state index contributed by atoms with van der Waals surface area (Å²) in [6.45, 7) is 6.28. The Hall–Kier alpha value is 0.0700. The third-order valence-corrected chi connectivity index (χ3v) is 5.21. The van der Waals surface area contributed by atoms with Gasteiger partial charge < -0.3 is 18.9 Å². The molecule has 2 atom stereocenters. The van der Waals surface area contributed by atoms with E-state index < -0.39 is 7.60 Å². The summed E-state index contributed by atoms with van der Waals surface area (Å²) in [6, 6.07) is 0. The van der Waals surface area contributed by atoms with Gasteiger partial charge in [-0.2, -0.15) is 0 Å². The monoisotopic (exact) mass is 352 g/mol. The zero-order valence-corrected chi connectivity index (χ0v) is 16.2. The van der Waals surface area contributed by atoms with Crippen molar-refractivity contribution in [3.63, 3.8) is 0 Å². The zero-order chi connectivity index (χ0) is 17.4. The lowest BCUT2D eigenvalue weighted by atomic mass is 10.2. The highest BCUT2D eigenvalue weighted by molar-refractivity contribution is 7.52. The molecule has 0 saturated heterocycles. The van der Waals surface area contributed by atoms with Gasteiger partial charge in [-0.15, -0.1) is 0 Å². The van der Waals surface area contributed by atoms with Crippen LogP contribution in [0.25, 0.3) is 0 Å². The molecule has 1 N–H and O–H groups in total. The lowest BCUT2D eigenvalue weighted by Gasteiger charge is -2.19. The summed E-state index contributed by atoms with van der Waals surface area (Å²) in [5.74, 6) is 0. The maximum atomic E-state index is 11.6. The smallest absolute Gasteiger partial charge is 0.327 e. The van der Waals surface area contributed by atoms with E-state index >= 15 is 0 Å². The summed E-state index contributed by atoms with van der Waals surface area (Å²) >= 11 is 0. The predicted octanol–water partition coefficient (Wildman–Crippen LogP) is 4.77. The molecule has 0 heterocycles. The molecular weight excluding hydrogens is 315 g/mol. The second-order valence-electron chi connectivity index (χ2n) is 6.02. The van der Waals surface area contributed by atoms with E-state index in [4.69, 9.17) is 9.47 Å². The van der Waals surface area contributed by atoms with Crippen molar-refractivity contribution in [1.29, 1.82) is 0 Å². The minimum absolute atomic E-state index is 0.113. The van der Waals surface area contributed by atoms with Crippen LogP contribution in [0.15, 0.2) is 0 Å². The number of hydrogen-bond donors (Lipinski definition) is 1. The summed E-state index contributed by atoms with van der Waals surface area (Å²) in [6.07, 6.45) is 9.80. The highest BCUT2D eigenvalue weighted by atomic mass is 31.2. The lowest BCUT2D eigenvalue weighted by Crippen LogP contribution is -2.22. The van der Waals surface area contributed by atoms with Gasteiger partial charge in [0.05, 0.1) is 18.9 Å². The fourth-order valence-corrected chi connectivity index (χ4v) is 3.03. The Kier molecular flexibility index (Phi) is 15.6. The van der Waals surface area contributed by atoms with E-state index in [1.165, 1.54) is 39.2 Å². The van der Waals surface area contributed by atoms with Gasteiger partial charge in [0.1, 0.15) is 0 Å². The normalized spacial score (nSPS) is 15.5. The fraction of sp³-hybridized carbons (Fsp3) is 1.00. The van der Waals surface area contributed by atoms with Crippen LogP contribution in [0.1, 0.15) is 71.6 Å². The van der Waals surface area contributed by atoms with Crippen molar-refractivity contribution < 1.29 is 23.5 Å². The van der Waals surface area contributed by atoms with Gasteiger partial charge in [-0.3, -0.25) is 4.57 Å². The molecular formula is C17H37O5P. The van der Waals surface area contributed by atoms with E-state index in [0.29, 0.717) is 19.6 Å². The highest BCUT2D eigenvalue weighted by Crippen LogP contribution is 2.41. The molecule has 0 aliphatic heterocycles. The Bertz CT molecular complexity index is 299. The minimum atomic E-state index is -3.47. The van der Waals surface area contributed by atoms with Crippen LogP contribution in [-0.4, -0.2) is 44.1 Å². The second kappa shape index (κ2) is 15.6. The maximum absolute atomic E-state index is 11.6. The van der Waals surface area contributed by atoms with E-state index in [9.17, 15) is 9.46 Å². The van der Waals surface area contributed by atoms with E-state index in [2.05, 4.69) is 18.4 Å². The first-order valence-electron chi connectivity index (χ1n) is 9.12. The summed E-state index contributed by atoms with van der Waals surface area (Å²) in [5, 5.41) is 0. The molecule has 0 rings (SSSR count). The molecule has 0 aromatic rings. The predicted molar refractivity (Wildman–Crippen MR) is 95.2 cm³/mol. The first kappa shape index (κ1) is 23.1. The third-order valence-electron chi connectivity index (χ3n) is 3.82. The Balaban J connectivity index is 3.98. The van der Waals surface area contributed by atoms with Crippen LogP contribution < -0.4 is 0 Å². The Morgan fingerprint density at radius 1 is 0.957 bits per heavy atom. The Morgan fingerprint density at radius 3 is 2.13 bits per heavy atom. The highest BCUT2D eigenvalue weighted by Gasteiger charge is 2.20. The van der Waals surface area contributed by atoms with Crippen LogP contribution in [0.4, 0.5) is 0 Å². The van der Waals surface area contributed by atoms with Crippen molar-refractivity contribution in [2.24, 2.45) is 0 Å². The van der Waals surface area contributed by atoms with Gasteiger partial charge in [0.15, 0.2) is 0 Å². The Labute approximate surface area is 142 Å². The van der Waals surface area contributed by atoms with E-state index in [1.54, 1.807) is 0 Å². The average molecular weight is 352 g/mol. The van der Waals surface area contributed by atoms with Crippen molar-refractivity contribution in [2.75, 3.05) is 33.1 Å². The van der Waals surface area contributed by atoms with Crippen LogP contribution in [0.2, 0.25) is 0 Å². The van der Waals surface area contributed by atoms with Crippen LogP contribution in [-0.2, 0) is 18.6 Å². The summed E-state index contributed by atoms with van der Waals surface area (Å²) in [4.78, 5) is 9.52. The molecule has 23 heavy (non-hydrogen) atoms. The molecule has 0 amide bonds. The summed E-state index contributed by atoms with van der Waals surface area (Å²) < 4.78 is 27.7. The first-order chi connectivity index (χ1) is 11.1. The Morgan fingerprint density at radius 2 is 1.57 bits per heavy atom. The number of unbranched alkanes of at least 4 members (excludes halogenated alkanes) is 6. The molecule has 0 spiro atoms. The lowest BCUT2D eigenvalue weighted by molar-refractivity contribution is -0.0201. The molecule has 0 fully saturated rings. The van der Waals surface area contributed by atoms with Gasteiger partial charge in [-0.05, 0) is 19.3 Å². The van der Waals surface area contributed by atoms with Crippen molar-refractivity contribution >= 4 is 7.60 Å². The molecule has 0 radical (unpaired) electrons. The van der Waals surface area contributed by atoms with Crippen LogP contribution in [0.5, 0.6) is 0 Å². The van der Waals surface area contributed by atoms with E-state index in [0.717, 1.165) is 25.9 Å². The first-order valence-corrected chi connectivity index (χ1v) is 10.9. The molecule has 0 bridgehead atoms. The van der Waals surface area contributed by atoms with E-state index in [1.807, 2.05) is 0 Å². The second-order valence-corrected chi connectivity index (χ2v) is 8.11. The third kappa shape index (κ3) is 15.3. The van der Waals surface area contributed by atoms with Crippen LogP contribution >= 0.6 is 7.60 Å². The molecule has 0 aliphatic rings. The number of ether oxygens (including phenoxy) is 2. The van der Waals surface area contributed by atoms with E-state index in [-0.39, 0.29) is 12.3 Å².